The molecule has 5 atom stereocenters. The fraction of sp³-hybridized carbons (Fsp3) is 0.647. The van der Waals surface area contributed by atoms with E-state index in [-0.39, 0.29) is 25.7 Å². The summed E-state index contributed by atoms with van der Waals surface area (Å²) in [6.45, 7) is 4.43. The highest BCUT2D eigenvalue weighted by Gasteiger charge is 2.30. The molecule has 0 spiro atoms. The Morgan fingerprint density at radius 2 is 0.538 bits per heavy atom. The van der Waals surface area contributed by atoms with E-state index in [9.17, 15) is 43.2 Å². The maximum atomic E-state index is 13.1. The monoisotopic (exact) mass is 1490 g/mol. The van der Waals surface area contributed by atoms with E-state index in [1.165, 1.54) is 38.5 Å². The SMILES string of the molecule is CC/C=C\C/C=C\C/C=C\C/C=C\C/C=C\C/C=C\CCC(=O)OCC(COP(=O)(O)OCC(O)COP(=O)(O)OCC(COC(=O)CCCCCC/C=C\C/C=C\C/C=C\C/C=C\CC)OC(=O)CCCCCCC/C=C\CCCCCCCC)OC(=O)CCCCCCC/C=C\C/C=C\CCC. The number of phosphoric ester groups is 2. The highest BCUT2D eigenvalue weighted by molar-refractivity contribution is 7.47. The number of carbonyl (C=O) groups is 4. The van der Waals surface area contributed by atoms with Crippen LogP contribution in [0.1, 0.15) is 297 Å². The van der Waals surface area contributed by atoms with E-state index in [1.54, 1.807) is 0 Å². The van der Waals surface area contributed by atoms with Crippen LogP contribution in [0.2, 0.25) is 0 Å². The number of rotatable bonds is 73. The van der Waals surface area contributed by atoms with E-state index in [0.717, 1.165) is 173 Å². The van der Waals surface area contributed by atoms with Gasteiger partial charge in [-0.2, -0.15) is 0 Å². The second-order valence-corrected chi connectivity index (χ2v) is 28.8. The van der Waals surface area contributed by atoms with Gasteiger partial charge in [0.15, 0.2) is 12.2 Å². The molecule has 0 aliphatic heterocycles. The molecule has 0 aromatic heterocycles. The van der Waals surface area contributed by atoms with Gasteiger partial charge in [0, 0.05) is 25.7 Å². The zero-order valence-corrected chi connectivity index (χ0v) is 66.4. The van der Waals surface area contributed by atoms with Crippen LogP contribution in [0.5, 0.6) is 0 Å². The Labute approximate surface area is 629 Å². The van der Waals surface area contributed by atoms with Crippen LogP contribution in [-0.4, -0.2) is 96.7 Å². The van der Waals surface area contributed by atoms with Crippen molar-refractivity contribution in [3.05, 3.63) is 158 Å². The Hall–Kier alpha value is -5.32. The predicted molar refractivity (Wildman–Crippen MR) is 427 cm³/mol. The quantitative estimate of drug-likeness (QED) is 0.0169. The summed E-state index contributed by atoms with van der Waals surface area (Å²) in [6.07, 6.45) is 88.1. The molecule has 0 heterocycles. The maximum absolute atomic E-state index is 13.1. The van der Waals surface area contributed by atoms with Crippen LogP contribution >= 0.6 is 15.6 Å². The van der Waals surface area contributed by atoms with E-state index in [1.807, 2.05) is 18.2 Å². The Bertz CT molecular complexity index is 2590. The topological polar surface area (TPSA) is 237 Å². The normalized spacial score (nSPS) is 14.7. The molecule has 17 nitrogen and oxygen atoms in total. The van der Waals surface area contributed by atoms with Gasteiger partial charge in [-0.3, -0.25) is 37.3 Å². The van der Waals surface area contributed by atoms with E-state index in [2.05, 4.69) is 167 Å². The fourth-order valence-electron chi connectivity index (χ4n) is 9.97. The highest BCUT2D eigenvalue weighted by atomic mass is 31.2. The summed E-state index contributed by atoms with van der Waals surface area (Å²) < 4.78 is 68.5. The molecule has 0 saturated heterocycles. The van der Waals surface area contributed by atoms with Crippen LogP contribution in [0.3, 0.4) is 0 Å². The first kappa shape index (κ1) is 98.7. The lowest BCUT2D eigenvalue weighted by molar-refractivity contribution is -0.161. The summed E-state index contributed by atoms with van der Waals surface area (Å²) in [4.78, 5) is 73.0. The first-order chi connectivity index (χ1) is 50.7. The summed E-state index contributed by atoms with van der Waals surface area (Å²) in [5.74, 6) is -2.33. The van der Waals surface area contributed by atoms with Gasteiger partial charge in [-0.25, -0.2) is 9.13 Å². The molecule has 0 rings (SSSR count). The van der Waals surface area contributed by atoms with Gasteiger partial charge in [0.25, 0.3) is 0 Å². The number of aliphatic hydroxyl groups is 1. The third kappa shape index (κ3) is 74.9. The van der Waals surface area contributed by atoms with Crippen molar-refractivity contribution in [3.63, 3.8) is 0 Å². The number of allylic oxidation sites excluding steroid dienone is 26. The van der Waals surface area contributed by atoms with Gasteiger partial charge in [0.05, 0.1) is 26.4 Å². The predicted octanol–water partition coefficient (Wildman–Crippen LogP) is 23.2. The van der Waals surface area contributed by atoms with Gasteiger partial charge in [-0.15, -0.1) is 0 Å². The standard InChI is InChI=1S/C85H140O17P2/c1-5-9-13-17-21-25-29-33-36-38-39-41-44-47-50-54-58-62-66-70-83(88)95-75-80(101-84(89)71-67-63-59-55-51-45-32-28-24-20-16-12-8-4)77-99-103(91,92)97-73-79(86)74-98-104(93,94)100-78-81(102-85(90)72-68-64-60-56-52-48-42-35-31-27-23-19-15-11-7-3)76-96-82(87)69-65-61-57-53-49-46-43-40-37-34-30-26-22-18-14-10-6-2/h9-10,13-14,16,20-22,25-26,28,32-37,39,41-43,46-47,50,58,62,79-81,86H,5-8,11-12,15,17-19,23-24,27,29-31,38,40,44-45,48-49,51-57,59-61,63-78H2,1-4H3,(H,91,92)(H,93,94)/b13-9-,14-10-,20-16-,25-21-,26-22-,32-28-,36-33-,37-34-,41-39-,42-35-,46-43-,50-47-,62-58-. The average Bonchev–Trinajstić information content (AvgIpc) is 0.939. The van der Waals surface area contributed by atoms with Crippen molar-refractivity contribution in [1.82, 2.24) is 0 Å². The minimum absolute atomic E-state index is 0.0280. The fourth-order valence-corrected chi connectivity index (χ4v) is 11.6. The summed E-state index contributed by atoms with van der Waals surface area (Å²) in [7, 11) is -10.00. The number of carbonyl (C=O) groups excluding carboxylic acids is 4. The van der Waals surface area contributed by atoms with Crippen LogP contribution in [0.15, 0.2) is 158 Å². The van der Waals surface area contributed by atoms with Crippen LogP contribution in [0.4, 0.5) is 0 Å². The zero-order chi connectivity index (χ0) is 76.0. The molecule has 0 aromatic carbocycles. The average molecular weight is 1500 g/mol. The molecule has 0 saturated carbocycles. The molecule has 0 aliphatic carbocycles. The van der Waals surface area contributed by atoms with Crippen molar-refractivity contribution >= 4 is 39.5 Å². The number of esters is 4. The first-order valence-electron chi connectivity index (χ1n) is 39.7. The molecule has 5 unspecified atom stereocenters. The molecular formula is C85H140O17P2. The lowest BCUT2D eigenvalue weighted by Gasteiger charge is -2.21. The lowest BCUT2D eigenvalue weighted by atomic mass is 10.1. The van der Waals surface area contributed by atoms with E-state index >= 15 is 0 Å². The summed E-state index contributed by atoms with van der Waals surface area (Å²) in [5, 5.41) is 10.6. The number of hydrogen-bond acceptors (Lipinski definition) is 15. The van der Waals surface area contributed by atoms with Crippen molar-refractivity contribution in [2.24, 2.45) is 0 Å². The molecule has 0 aromatic rings. The van der Waals surface area contributed by atoms with E-state index in [4.69, 9.17) is 37.0 Å². The summed E-state index contributed by atoms with van der Waals surface area (Å²) in [6, 6.07) is 0. The van der Waals surface area contributed by atoms with Crippen LogP contribution in [0, 0.1) is 0 Å². The Balaban J connectivity index is 5.45. The number of unbranched alkanes of at least 4 members (excludes halogenated alkanes) is 21. The largest absolute Gasteiger partial charge is 0.472 e. The molecule has 104 heavy (non-hydrogen) atoms. The van der Waals surface area contributed by atoms with Gasteiger partial charge in [-0.05, 0) is 154 Å². The molecule has 0 bridgehead atoms. The third-order valence-corrected chi connectivity index (χ3v) is 17.9. The minimum Gasteiger partial charge on any atom is -0.462 e. The van der Waals surface area contributed by atoms with Gasteiger partial charge in [0.2, 0.25) is 0 Å². The van der Waals surface area contributed by atoms with Gasteiger partial charge < -0.3 is 33.8 Å². The van der Waals surface area contributed by atoms with Crippen LogP contribution in [0.25, 0.3) is 0 Å². The van der Waals surface area contributed by atoms with Gasteiger partial charge in [0.1, 0.15) is 19.3 Å². The molecular weight excluding hydrogens is 1350 g/mol. The van der Waals surface area contributed by atoms with Crippen LogP contribution in [-0.2, 0) is 65.4 Å². The van der Waals surface area contributed by atoms with Gasteiger partial charge in [-0.1, -0.05) is 276 Å². The van der Waals surface area contributed by atoms with Crippen molar-refractivity contribution < 1.29 is 80.2 Å². The Kier molecular flexibility index (Phi) is 72.0. The van der Waals surface area contributed by atoms with Crippen molar-refractivity contribution in [1.29, 1.82) is 0 Å². The van der Waals surface area contributed by atoms with E-state index in [0.29, 0.717) is 32.1 Å². The number of ether oxygens (including phenoxy) is 4. The number of aliphatic hydroxyl groups excluding tert-OH is 1. The second-order valence-electron chi connectivity index (χ2n) is 25.9. The Morgan fingerprint density at radius 3 is 0.875 bits per heavy atom. The van der Waals surface area contributed by atoms with E-state index < -0.39 is 97.5 Å². The highest BCUT2D eigenvalue weighted by Crippen LogP contribution is 2.45. The third-order valence-electron chi connectivity index (χ3n) is 16.0. The smallest absolute Gasteiger partial charge is 0.462 e. The minimum atomic E-state index is -5.00. The number of hydrogen-bond donors (Lipinski definition) is 3. The van der Waals surface area contributed by atoms with Crippen molar-refractivity contribution in [2.75, 3.05) is 39.6 Å². The van der Waals surface area contributed by atoms with Gasteiger partial charge >= 0.3 is 39.5 Å². The summed E-state index contributed by atoms with van der Waals surface area (Å²) >= 11 is 0. The molecule has 19 heteroatoms. The molecule has 0 amide bonds. The van der Waals surface area contributed by atoms with Crippen molar-refractivity contribution in [3.8, 4) is 0 Å². The lowest BCUT2D eigenvalue weighted by Crippen LogP contribution is -2.30. The van der Waals surface area contributed by atoms with Crippen LogP contribution < -0.4 is 0 Å². The molecule has 0 radical (unpaired) electrons. The zero-order valence-electron chi connectivity index (χ0n) is 64.6. The molecule has 0 aliphatic rings. The number of phosphoric acid groups is 2. The first-order valence-corrected chi connectivity index (χ1v) is 42.7. The molecule has 592 valence electrons. The van der Waals surface area contributed by atoms with Crippen molar-refractivity contribution in [2.45, 2.75) is 316 Å². The molecule has 3 N–H and O–H groups in total. The maximum Gasteiger partial charge on any atom is 0.472 e. The summed E-state index contributed by atoms with van der Waals surface area (Å²) in [5.41, 5.74) is 0. The molecule has 0 fully saturated rings. The Morgan fingerprint density at radius 1 is 0.279 bits per heavy atom. The second kappa shape index (κ2) is 75.9.